The quantitative estimate of drug-likeness (QED) is 0.558. The smallest absolute Gasteiger partial charge is 0.307 e. The van der Waals surface area contributed by atoms with Gasteiger partial charge in [0, 0.05) is 12.2 Å². The van der Waals surface area contributed by atoms with E-state index in [0.717, 1.165) is 6.07 Å². The molecule has 0 bridgehead atoms. The normalized spacial score (nSPS) is 11.2. The van der Waals surface area contributed by atoms with Gasteiger partial charge in [-0.05, 0) is 30.3 Å². The molecule has 2 rings (SSSR count). The minimum Gasteiger partial charge on any atom is -0.456 e. The highest BCUT2D eigenvalue weighted by Crippen LogP contribution is 2.28. The van der Waals surface area contributed by atoms with E-state index in [4.69, 9.17) is 39.5 Å². The first-order valence-corrected chi connectivity index (χ1v) is 10.6. The Kier molecular flexibility index (Phi) is 8.23. The van der Waals surface area contributed by atoms with E-state index < -0.39 is 34.3 Å². The summed E-state index contributed by atoms with van der Waals surface area (Å²) in [5, 5.41) is 2.07. The number of sulfonamides is 1. The SMILES string of the molecule is O=C(COC(=O)CCNS(=O)(=O)c1c(Cl)cccc1Cl)Nc1ccc(F)c(Cl)c1. The van der Waals surface area contributed by atoms with Crippen LogP contribution in [0.1, 0.15) is 6.42 Å². The van der Waals surface area contributed by atoms with Crippen molar-refractivity contribution in [3.8, 4) is 0 Å². The topological polar surface area (TPSA) is 102 Å². The van der Waals surface area contributed by atoms with Gasteiger partial charge in [0.25, 0.3) is 5.91 Å². The molecule has 0 heterocycles. The Labute approximate surface area is 181 Å². The summed E-state index contributed by atoms with van der Waals surface area (Å²) in [6.07, 6.45) is -0.336. The van der Waals surface area contributed by atoms with Gasteiger partial charge < -0.3 is 10.1 Å². The van der Waals surface area contributed by atoms with Crippen molar-refractivity contribution in [3.05, 3.63) is 57.3 Å². The third-order valence-corrected chi connectivity index (χ3v) is 6.08. The molecular formula is C17H14Cl3FN2O5S. The molecule has 2 N–H and O–H groups in total. The van der Waals surface area contributed by atoms with Crippen molar-refractivity contribution in [1.82, 2.24) is 4.72 Å². The molecule has 29 heavy (non-hydrogen) atoms. The lowest BCUT2D eigenvalue weighted by Gasteiger charge is -2.10. The molecule has 2 aromatic carbocycles. The van der Waals surface area contributed by atoms with Gasteiger partial charge in [-0.1, -0.05) is 40.9 Å². The molecule has 0 saturated carbocycles. The van der Waals surface area contributed by atoms with E-state index in [1.807, 2.05) is 0 Å². The number of anilines is 1. The van der Waals surface area contributed by atoms with E-state index in [-0.39, 0.29) is 38.6 Å². The highest BCUT2D eigenvalue weighted by molar-refractivity contribution is 7.89. The van der Waals surface area contributed by atoms with Crippen molar-refractivity contribution in [1.29, 1.82) is 0 Å². The second-order valence-electron chi connectivity index (χ2n) is 5.54. The van der Waals surface area contributed by atoms with Crippen LogP contribution in [-0.2, 0) is 24.3 Å². The lowest BCUT2D eigenvalue weighted by atomic mass is 10.3. The summed E-state index contributed by atoms with van der Waals surface area (Å²) < 4.78 is 44.5. The summed E-state index contributed by atoms with van der Waals surface area (Å²) in [6.45, 7) is -0.908. The molecule has 7 nitrogen and oxygen atoms in total. The molecule has 0 aromatic heterocycles. The Morgan fingerprint density at radius 1 is 1.03 bits per heavy atom. The van der Waals surface area contributed by atoms with Gasteiger partial charge in [-0.3, -0.25) is 9.59 Å². The second kappa shape index (κ2) is 10.2. The van der Waals surface area contributed by atoms with Gasteiger partial charge in [0.05, 0.1) is 21.5 Å². The lowest BCUT2D eigenvalue weighted by Crippen LogP contribution is -2.28. The average Bonchev–Trinajstić information content (AvgIpc) is 2.62. The molecule has 0 aliphatic carbocycles. The monoisotopic (exact) mass is 482 g/mol. The van der Waals surface area contributed by atoms with Crippen LogP contribution in [-0.4, -0.2) is 33.4 Å². The van der Waals surface area contributed by atoms with Crippen LogP contribution in [0.15, 0.2) is 41.3 Å². The molecule has 0 radical (unpaired) electrons. The summed E-state index contributed by atoms with van der Waals surface area (Å²) in [4.78, 5) is 23.1. The number of hydrogen-bond donors (Lipinski definition) is 2. The van der Waals surface area contributed by atoms with Crippen molar-refractivity contribution < 1.29 is 27.1 Å². The summed E-state index contributed by atoms with van der Waals surface area (Å²) in [6, 6.07) is 7.78. The molecule has 12 heteroatoms. The maximum Gasteiger partial charge on any atom is 0.307 e. The molecule has 0 saturated heterocycles. The summed E-state index contributed by atoms with van der Waals surface area (Å²) in [5.74, 6) is -2.13. The molecule has 0 atom stereocenters. The number of amides is 1. The molecule has 1 amide bonds. The van der Waals surface area contributed by atoms with Crippen LogP contribution in [0.2, 0.25) is 15.1 Å². The predicted octanol–water partition coefficient (Wildman–Crippen LogP) is 3.64. The summed E-state index contributed by atoms with van der Waals surface area (Å²) >= 11 is 17.3. The fraction of sp³-hybridized carbons (Fsp3) is 0.176. The number of carbonyl (C=O) groups excluding carboxylic acids is 2. The van der Waals surface area contributed by atoms with Gasteiger partial charge in [-0.2, -0.15) is 0 Å². The van der Waals surface area contributed by atoms with Gasteiger partial charge >= 0.3 is 5.97 Å². The van der Waals surface area contributed by atoms with E-state index in [1.54, 1.807) is 0 Å². The molecule has 0 aliphatic heterocycles. The van der Waals surface area contributed by atoms with Crippen molar-refractivity contribution in [2.45, 2.75) is 11.3 Å². The predicted molar refractivity (Wildman–Crippen MR) is 107 cm³/mol. The van der Waals surface area contributed by atoms with Gasteiger partial charge in [-0.15, -0.1) is 0 Å². The van der Waals surface area contributed by atoms with Gasteiger partial charge in [0.2, 0.25) is 10.0 Å². The Morgan fingerprint density at radius 2 is 1.69 bits per heavy atom. The van der Waals surface area contributed by atoms with Crippen LogP contribution in [0.5, 0.6) is 0 Å². The first-order chi connectivity index (χ1) is 13.6. The number of carbonyl (C=O) groups is 2. The second-order valence-corrected chi connectivity index (χ2v) is 8.46. The van der Waals surface area contributed by atoms with E-state index in [1.165, 1.54) is 30.3 Å². The third-order valence-electron chi connectivity index (χ3n) is 3.38. The highest BCUT2D eigenvalue weighted by Gasteiger charge is 2.21. The molecule has 0 spiro atoms. The lowest BCUT2D eigenvalue weighted by molar-refractivity contribution is -0.147. The van der Waals surface area contributed by atoms with E-state index >= 15 is 0 Å². The number of rotatable bonds is 8. The van der Waals surface area contributed by atoms with Crippen molar-refractivity contribution >= 4 is 62.4 Å². The van der Waals surface area contributed by atoms with E-state index in [2.05, 4.69) is 10.0 Å². The Morgan fingerprint density at radius 3 is 2.31 bits per heavy atom. The molecule has 0 aliphatic rings. The first-order valence-electron chi connectivity index (χ1n) is 7.94. The Hall–Kier alpha value is -1.91. The van der Waals surface area contributed by atoms with Crippen LogP contribution >= 0.6 is 34.8 Å². The zero-order valence-corrected chi connectivity index (χ0v) is 17.6. The third kappa shape index (κ3) is 6.83. The first kappa shape index (κ1) is 23.4. The molecular weight excluding hydrogens is 470 g/mol. The average molecular weight is 484 g/mol. The molecule has 0 fully saturated rings. The zero-order chi connectivity index (χ0) is 21.6. The van der Waals surface area contributed by atoms with Crippen molar-refractivity contribution in [2.24, 2.45) is 0 Å². The largest absolute Gasteiger partial charge is 0.456 e. The summed E-state index contributed by atoms with van der Waals surface area (Å²) in [5.41, 5.74) is 0.224. The van der Waals surface area contributed by atoms with Crippen LogP contribution in [0, 0.1) is 5.82 Å². The minimum atomic E-state index is -4.04. The number of ether oxygens (including phenoxy) is 1. The van der Waals surface area contributed by atoms with Gasteiger partial charge in [0.15, 0.2) is 6.61 Å². The van der Waals surface area contributed by atoms with Crippen LogP contribution in [0.4, 0.5) is 10.1 Å². The molecule has 0 unspecified atom stereocenters. The maximum atomic E-state index is 13.1. The minimum absolute atomic E-state index is 0.0647. The van der Waals surface area contributed by atoms with Crippen LogP contribution in [0.3, 0.4) is 0 Å². The maximum absolute atomic E-state index is 13.1. The zero-order valence-electron chi connectivity index (χ0n) is 14.5. The summed E-state index contributed by atoms with van der Waals surface area (Å²) in [7, 11) is -4.04. The highest BCUT2D eigenvalue weighted by atomic mass is 35.5. The molecule has 156 valence electrons. The number of benzene rings is 2. The Balaban J connectivity index is 1.79. The fourth-order valence-corrected chi connectivity index (χ4v) is 4.44. The Bertz CT molecular complexity index is 1010. The number of nitrogens with one attached hydrogen (secondary N) is 2. The van der Waals surface area contributed by atoms with E-state index in [9.17, 15) is 22.4 Å². The number of halogens is 4. The van der Waals surface area contributed by atoms with Crippen molar-refractivity contribution in [3.63, 3.8) is 0 Å². The number of hydrogen-bond acceptors (Lipinski definition) is 5. The van der Waals surface area contributed by atoms with Gasteiger partial charge in [-0.25, -0.2) is 17.5 Å². The van der Waals surface area contributed by atoms with Crippen LogP contribution in [0.25, 0.3) is 0 Å². The standard InChI is InChI=1S/C17H14Cl3FN2O5S/c18-11-2-1-3-12(19)17(11)29(26,27)22-7-6-16(25)28-9-15(24)23-10-4-5-14(21)13(20)8-10/h1-5,8,22H,6-7,9H2,(H,23,24). The van der Waals surface area contributed by atoms with Crippen LogP contribution < -0.4 is 10.0 Å². The fourth-order valence-electron chi connectivity index (χ4n) is 2.09. The van der Waals surface area contributed by atoms with E-state index in [0.29, 0.717) is 0 Å². The van der Waals surface area contributed by atoms with Crippen molar-refractivity contribution in [2.75, 3.05) is 18.5 Å². The van der Waals surface area contributed by atoms with Gasteiger partial charge in [0.1, 0.15) is 10.7 Å². The molecule has 2 aromatic rings. The number of esters is 1.